The monoisotopic (exact) mass is 326 g/mol. The average Bonchev–Trinajstić information content (AvgIpc) is 2.48. The summed E-state index contributed by atoms with van der Waals surface area (Å²) in [5, 5.41) is 13.3. The molecule has 6 heteroatoms. The van der Waals surface area contributed by atoms with Gasteiger partial charge in [-0.25, -0.2) is 0 Å². The third-order valence-corrected chi connectivity index (χ3v) is 3.98. The number of nitrogens with zero attached hydrogens (tertiary/aromatic N) is 1. The van der Waals surface area contributed by atoms with Crippen molar-refractivity contribution in [3.05, 3.63) is 23.2 Å². The molecule has 0 spiro atoms. The van der Waals surface area contributed by atoms with Gasteiger partial charge in [-0.05, 0) is 24.1 Å². The van der Waals surface area contributed by atoms with Crippen LogP contribution in [0.2, 0.25) is 5.02 Å². The van der Waals surface area contributed by atoms with E-state index in [2.05, 4.69) is 10.2 Å². The second-order valence-electron chi connectivity index (χ2n) is 5.82. The molecular formula is C16H23ClN2O3. The Bertz CT molecular complexity index is 516. The van der Waals surface area contributed by atoms with Crippen molar-refractivity contribution in [2.24, 2.45) is 5.92 Å². The Morgan fingerprint density at radius 1 is 1.41 bits per heavy atom. The number of halogens is 1. The first-order valence-electron chi connectivity index (χ1n) is 7.57. The van der Waals surface area contributed by atoms with Crippen LogP contribution in [-0.2, 0) is 9.53 Å². The molecule has 1 fully saturated rings. The number of ether oxygens (including phenoxy) is 1. The van der Waals surface area contributed by atoms with E-state index in [0.29, 0.717) is 23.9 Å². The van der Waals surface area contributed by atoms with Gasteiger partial charge in [0.2, 0.25) is 5.91 Å². The van der Waals surface area contributed by atoms with Crippen LogP contribution in [-0.4, -0.2) is 43.4 Å². The summed E-state index contributed by atoms with van der Waals surface area (Å²) in [6.07, 6.45) is -0.571. The SMILES string of the molecule is CC(C)C(O)CC(=O)Nc1cc(Cl)ccc1N1CCOCC1. The average molecular weight is 327 g/mol. The zero-order chi connectivity index (χ0) is 16.1. The van der Waals surface area contributed by atoms with Gasteiger partial charge in [-0.15, -0.1) is 0 Å². The molecule has 2 rings (SSSR count). The molecule has 1 aromatic carbocycles. The summed E-state index contributed by atoms with van der Waals surface area (Å²) in [5.74, 6) is -0.165. The van der Waals surface area contributed by atoms with Crippen LogP contribution < -0.4 is 10.2 Å². The maximum Gasteiger partial charge on any atom is 0.227 e. The summed E-state index contributed by atoms with van der Waals surface area (Å²) in [6, 6.07) is 5.46. The Hall–Kier alpha value is -1.30. The molecule has 1 unspecified atom stereocenters. The lowest BCUT2D eigenvalue weighted by Crippen LogP contribution is -2.36. The zero-order valence-electron chi connectivity index (χ0n) is 13.0. The molecule has 2 N–H and O–H groups in total. The van der Waals surface area contributed by atoms with Crippen molar-refractivity contribution in [3.8, 4) is 0 Å². The minimum atomic E-state index is -0.647. The van der Waals surface area contributed by atoms with Crippen molar-refractivity contribution >= 4 is 28.9 Å². The first-order chi connectivity index (χ1) is 10.5. The Balaban J connectivity index is 2.11. The second kappa shape index (κ2) is 7.81. The third-order valence-electron chi connectivity index (χ3n) is 3.75. The van der Waals surface area contributed by atoms with E-state index in [1.165, 1.54) is 0 Å². The minimum Gasteiger partial charge on any atom is -0.392 e. The number of rotatable bonds is 5. The van der Waals surface area contributed by atoms with Gasteiger partial charge in [0.1, 0.15) is 0 Å². The molecule has 22 heavy (non-hydrogen) atoms. The molecular weight excluding hydrogens is 304 g/mol. The fourth-order valence-electron chi connectivity index (χ4n) is 2.32. The molecule has 1 aliphatic rings. The van der Waals surface area contributed by atoms with Gasteiger partial charge in [0.25, 0.3) is 0 Å². The number of nitrogens with one attached hydrogen (secondary N) is 1. The number of amides is 1. The molecule has 0 saturated carbocycles. The van der Waals surface area contributed by atoms with Crippen LogP contribution in [0.1, 0.15) is 20.3 Å². The first-order valence-corrected chi connectivity index (χ1v) is 7.95. The van der Waals surface area contributed by atoms with E-state index < -0.39 is 6.10 Å². The van der Waals surface area contributed by atoms with E-state index in [9.17, 15) is 9.90 Å². The predicted octanol–water partition coefficient (Wildman–Crippen LogP) is 2.52. The van der Waals surface area contributed by atoms with Crippen molar-refractivity contribution in [2.75, 3.05) is 36.5 Å². The predicted molar refractivity (Wildman–Crippen MR) is 88.6 cm³/mol. The first kappa shape index (κ1) is 17.1. The molecule has 0 aliphatic carbocycles. The number of carbonyl (C=O) groups excluding carboxylic acids is 1. The largest absolute Gasteiger partial charge is 0.392 e. The summed E-state index contributed by atoms with van der Waals surface area (Å²) in [4.78, 5) is 14.3. The standard InChI is InChI=1S/C16H23ClN2O3/c1-11(2)15(20)10-16(21)18-13-9-12(17)3-4-14(13)19-5-7-22-8-6-19/h3-4,9,11,15,20H,5-8,10H2,1-2H3,(H,18,21). The number of hydrogen-bond donors (Lipinski definition) is 2. The van der Waals surface area contributed by atoms with Crippen LogP contribution in [0.15, 0.2) is 18.2 Å². The number of aliphatic hydroxyl groups is 1. The van der Waals surface area contributed by atoms with Crippen molar-refractivity contribution in [1.82, 2.24) is 0 Å². The van der Waals surface area contributed by atoms with Gasteiger partial charge in [-0.1, -0.05) is 25.4 Å². The van der Waals surface area contributed by atoms with Gasteiger partial charge in [-0.3, -0.25) is 4.79 Å². The van der Waals surface area contributed by atoms with E-state index in [0.717, 1.165) is 18.8 Å². The molecule has 0 aromatic heterocycles. The summed E-state index contributed by atoms with van der Waals surface area (Å²) in [6.45, 7) is 6.66. The zero-order valence-corrected chi connectivity index (χ0v) is 13.8. The molecule has 1 aliphatic heterocycles. The maximum atomic E-state index is 12.1. The molecule has 1 aromatic rings. The highest BCUT2D eigenvalue weighted by atomic mass is 35.5. The van der Waals surface area contributed by atoms with Gasteiger partial charge in [0.15, 0.2) is 0 Å². The number of carbonyl (C=O) groups is 1. The van der Waals surface area contributed by atoms with Gasteiger partial charge < -0.3 is 20.1 Å². The Morgan fingerprint density at radius 2 is 2.09 bits per heavy atom. The molecule has 1 heterocycles. The lowest BCUT2D eigenvalue weighted by Gasteiger charge is -2.30. The molecule has 122 valence electrons. The van der Waals surface area contributed by atoms with E-state index in [1.54, 1.807) is 6.07 Å². The molecule has 0 bridgehead atoms. The minimum absolute atomic E-state index is 0.0452. The fraction of sp³-hybridized carbons (Fsp3) is 0.562. The number of benzene rings is 1. The van der Waals surface area contributed by atoms with Crippen LogP contribution >= 0.6 is 11.6 Å². The topological polar surface area (TPSA) is 61.8 Å². The Morgan fingerprint density at radius 3 is 2.73 bits per heavy atom. The van der Waals surface area contributed by atoms with Crippen LogP contribution in [0.25, 0.3) is 0 Å². The Kier molecular flexibility index (Phi) is 6.06. The molecule has 1 amide bonds. The lowest BCUT2D eigenvalue weighted by molar-refractivity contribution is -0.118. The molecule has 1 saturated heterocycles. The van der Waals surface area contributed by atoms with Crippen molar-refractivity contribution < 1.29 is 14.6 Å². The van der Waals surface area contributed by atoms with Gasteiger partial charge in [0, 0.05) is 18.1 Å². The molecule has 1 atom stereocenters. The number of morpholine rings is 1. The van der Waals surface area contributed by atoms with Crippen LogP contribution in [0.3, 0.4) is 0 Å². The van der Waals surface area contributed by atoms with Crippen molar-refractivity contribution in [1.29, 1.82) is 0 Å². The Labute approximate surface area is 136 Å². The van der Waals surface area contributed by atoms with Gasteiger partial charge in [-0.2, -0.15) is 0 Å². The summed E-state index contributed by atoms with van der Waals surface area (Å²) < 4.78 is 5.36. The summed E-state index contributed by atoms with van der Waals surface area (Å²) >= 11 is 6.05. The smallest absolute Gasteiger partial charge is 0.227 e. The molecule has 5 nitrogen and oxygen atoms in total. The second-order valence-corrected chi connectivity index (χ2v) is 6.26. The maximum absolute atomic E-state index is 12.1. The van der Waals surface area contributed by atoms with E-state index in [1.807, 2.05) is 26.0 Å². The number of hydrogen-bond acceptors (Lipinski definition) is 4. The van der Waals surface area contributed by atoms with Crippen LogP contribution in [0.4, 0.5) is 11.4 Å². The van der Waals surface area contributed by atoms with E-state index >= 15 is 0 Å². The third kappa shape index (κ3) is 4.60. The normalized spacial score (nSPS) is 16.7. The highest BCUT2D eigenvalue weighted by molar-refractivity contribution is 6.31. The fourth-order valence-corrected chi connectivity index (χ4v) is 2.49. The number of aliphatic hydroxyl groups excluding tert-OH is 1. The van der Waals surface area contributed by atoms with Crippen LogP contribution in [0.5, 0.6) is 0 Å². The van der Waals surface area contributed by atoms with E-state index in [4.69, 9.17) is 16.3 Å². The summed E-state index contributed by atoms with van der Waals surface area (Å²) in [5.41, 5.74) is 1.61. The quantitative estimate of drug-likeness (QED) is 0.873. The van der Waals surface area contributed by atoms with Gasteiger partial charge >= 0.3 is 0 Å². The van der Waals surface area contributed by atoms with Crippen LogP contribution in [0, 0.1) is 5.92 Å². The highest BCUT2D eigenvalue weighted by Gasteiger charge is 2.19. The van der Waals surface area contributed by atoms with Gasteiger partial charge in [0.05, 0.1) is 37.1 Å². The lowest BCUT2D eigenvalue weighted by atomic mass is 10.0. The van der Waals surface area contributed by atoms with E-state index in [-0.39, 0.29) is 18.2 Å². The molecule has 0 radical (unpaired) electrons. The summed E-state index contributed by atoms with van der Waals surface area (Å²) in [7, 11) is 0. The highest BCUT2D eigenvalue weighted by Crippen LogP contribution is 2.30. The van der Waals surface area contributed by atoms with Crippen molar-refractivity contribution in [2.45, 2.75) is 26.4 Å². The van der Waals surface area contributed by atoms with Crippen molar-refractivity contribution in [3.63, 3.8) is 0 Å². The number of anilines is 2.